The van der Waals surface area contributed by atoms with Crippen LogP contribution in [0.2, 0.25) is 5.02 Å². The van der Waals surface area contributed by atoms with E-state index in [2.05, 4.69) is 17.4 Å². The van der Waals surface area contributed by atoms with E-state index >= 15 is 0 Å². The molecule has 0 atom stereocenters. The second-order valence-corrected chi connectivity index (χ2v) is 5.03. The fraction of sp³-hybridized carbons (Fsp3) is 0.455. The summed E-state index contributed by atoms with van der Waals surface area (Å²) in [6.07, 6.45) is 2.24. The number of likely N-dealkylation sites (N-methyl/N-ethyl adjacent to an activating group) is 1. The molecule has 1 aromatic carbocycles. The first-order valence-electron chi connectivity index (χ1n) is 4.90. The third kappa shape index (κ3) is 2.08. The molecule has 2 rings (SSSR count). The first-order chi connectivity index (χ1) is 6.81. The van der Waals surface area contributed by atoms with Crippen molar-refractivity contribution in [3.8, 4) is 0 Å². The van der Waals surface area contributed by atoms with Gasteiger partial charge in [-0.1, -0.05) is 17.7 Å². The summed E-state index contributed by atoms with van der Waals surface area (Å²) in [7, 11) is 1.98. The third-order valence-corrected chi connectivity index (χ3v) is 4.05. The fourth-order valence-electron chi connectivity index (χ4n) is 1.74. The Kier molecular flexibility index (Phi) is 3.37. The van der Waals surface area contributed by atoms with E-state index in [1.807, 2.05) is 18.8 Å². The van der Waals surface area contributed by atoms with Crippen LogP contribution in [0.4, 0.5) is 0 Å². The molecule has 0 saturated carbocycles. The molecule has 0 bridgehead atoms. The molecule has 3 heteroatoms. The van der Waals surface area contributed by atoms with Crippen molar-refractivity contribution in [1.82, 2.24) is 5.32 Å². The maximum atomic E-state index is 6.21. The number of rotatable bonds is 3. The van der Waals surface area contributed by atoms with Crippen molar-refractivity contribution in [1.29, 1.82) is 0 Å². The number of thioether (sulfide) groups is 1. The Morgan fingerprint density at radius 2 is 2.36 bits per heavy atom. The molecule has 1 aromatic rings. The molecule has 1 heterocycles. The molecule has 14 heavy (non-hydrogen) atoms. The average Bonchev–Trinajstić information content (AvgIpc) is 2.63. The van der Waals surface area contributed by atoms with Gasteiger partial charge in [-0.15, -0.1) is 11.8 Å². The molecule has 0 fully saturated rings. The van der Waals surface area contributed by atoms with Crippen LogP contribution in [0.1, 0.15) is 11.1 Å². The third-order valence-electron chi connectivity index (χ3n) is 2.46. The van der Waals surface area contributed by atoms with Crippen molar-refractivity contribution < 1.29 is 0 Å². The van der Waals surface area contributed by atoms with Gasteiger partial charge in [-0.2, -0.15) is 0 Å². The van der Waals surface area contributed by atoms with Crippen LogP contribution in [0.3, 0.4) is 0 Å². The highest BCUT2D eigenvalue weighted by Gasteiger charge is 2.15. The summed E-state index contributed by atoms with van der Waals surface area (Å²) in [6, 6.07) is 4.41. The van der Waals surface area contributed by atoms with Crippen molar-refractivity contribution in [2.24, 2.45) is 0 Å². The zero-order chi connectivity index (χ0) is 9.97. The van der Waals surface area contributed by atoms with E-state index in [-0.39, 0.29) is 0 Å². The van der Waals surface area contributed by atoms with E-state index in [4.69, 9.17) is 11.6 Å². The molecule has 1 N–H and O–H groups in total. The second-order valence-electron chi connectivity index (χ2n) is 3.52. The minimum Gasteiger partial charge on any atom is -0.319 e. The molecule has 0 spiro atoms. The normalized spacial score (nSPS) is 14.4. The predicted molar refractivity (Wildman–Crippen MR) is 63.5 cm³/mol. The van der Waals surface area contributed by atoms with Gasteiger partial charge in [0.25, 0.3) is 0 Å². The molecule has 1 aliphatic heterocycles. The zero-order valence-corrected chi connectivity index (χ0v) is 9.84. The summed E-state index contributed by atoms with van der Waals surface area (Å²) in [5.74, 6) is 1.19. The van der Waals surface area contributed by atoms with Crippen LogP contribution in [-0.4, -0.2) is 19.3 Å². The van der Waals surface area contributed by atoms with Gasteiger partial charge in [0.1, 0.15) is 0 Å². The molecule has 0 saturated heterocycles. The summed E-state index contributed by atoms with van der Waals surface area (Å²) < 4.78 is 0. The lowest BCUT2D eigenvalue weighted by atomic mass is 10.1. The Bertz CT molecular complexity index is 338. The van der Waals surface area contributed by atoms with Gasteiger partial charge in [-0.05, 0) is 43.6 Å². The number of aryl methyl sites for hydroxylation is 1. The van der Waals surface area contributed by atoms with Gasteiger partial charge < -0.3 is 5.32 Å². The highest BCUT2D eigenvalue weighted by molar-refractivity contribution is 7.99. The van der Waals surface area contributed by atoms with Gasteiger partial charge in [0.05, 0.1) is 5.02 Å². The van der Waals surface area contributed by atoms with Gasteiger partial charge in [0, 0.05) is 10.6 Å². The molecular formula is C11H14ClNS. The fourth-order valence-corrected chi connectivity index (χ4v) is 3.23. The molecular weight excluding hydrogens is 214 g/mol. The number of nitrogens with one attached hydrogen (secondary N) is 1. The summed E-state index contributed by atoms with van der Waals surface area (Å²) in [5, 5.41) is 4.10. The molecule has 1 nitrogen and oxygen atoms in total. The summed E-state index contributed by atoms with van der Waals surface area (Å²) in [4.78, 5) is 1.31. The van der Waals surface area contributed by atoms with E-state index in [1.54, 1.807) is 0 Å². The Morgan fingerprint density at radius 3 is 3.14 bits per heavy atom. The van der Waals surface area contributed by atoms with Crippen LogP contribution in [0.25, 0.3) is 0 Å². The summed E-state index contributed by atoms with van der Waals surface area (Å²) >= 11 is 8.09. The average molecular weight is 228 g/mol. The van der Waals surface area contributed by atoms with Gasteiger partial charge >= 0.3 is 0 Å². The molecule has 76 valence electrons. The van der Waals surface area contributed by atoms with Crippen LogP contribution < -0.4 is 5.32 Å². The number of hydrogen-bond donors (Lipinski definition) is 1. The Labute approximate surface area is 94.2 Å². The van der Waals surface area contributed by atoms with E-state index in [0.29, 0.717) is 0 Å². The zero-order valence-electron chi connectivity index (χ0n) is 8.27. The molecule has 0 aromatic heterocycles. The van der Waals surface area contributed by atoms with Crippen LogP contribution in [0, 0.1) is 0 Å². The topological polar surface area (TPSA) is 12.0 Å². The standard InChI is InChI=1S/C11H14ClNS/c1-13-4-2-8-6-9-3-5-14-11(9)10(12)7-8/h6-7,13H,2-5H2,1H3. The molecule has 0 aliphatic carbocycles. The summed E-state index contributed by atoms with van der Waals surface area (Å²) in [5.41, 5.74) is 2.79. The second kappa shape index (κ2) is 4.56. The lowest BCUT2D eigenvalue weighted by Gasteiger charge is -2.06. The van der Waals surface area contributed by atoms with E-state index in [0.717, 1.165) is 18.0 Å². The quantitative estimate of drug-likeness (QED) is 0.853. The monoisotopic (exact) mass is 227 g/mol. The molecule has 0 unspecified atom stereocenters. The largest absolute Gasteiger partial charge is 0.319 e. The van der Waals surface area contributed by atoms with E-state index in [9.17, 15) is 0 Å². The molecule has 0 amide bonds. The minimum absolute atomic E-state index is 0.941. The highest BCUT2D eigenvalue weighted by atomic mass is 35.5. The van der Waals surface area contributed by atoms with Crippen LogP contribution in [0.5, 0.6) is 0 Å². The van der Waals surface area contributed by atoms with Crippen molar-refractivity contribution in [2.75, 3.05) is 19.3 Å². The Balaban J connectivity index is 2.23. The van der Waals surface area contributed by atoms with Gasteiger partial charge in [0.15, 0.2) is 0 Å². The number of hydrogen-bond acceptors (Lipinski definition) is 2. The maximum Gasteiger partial charge on any atom is 0.0547 e. The van der Waals surface area contributed by atoms with E-state index in [1.165, 1.54) is 28.2 Å². The maximum absolute atomic E-state index is 6.21. The van der Waals surface area contributed by atoms with Gasteiger partial charge in [-0.3, -0.25) is 0 Å². The van der Waals surface area contributed by atoms with Crippen molar-refractivity contribution in [2.45, 2.75) is 17.7 Å². The number of benzene rings is 1. The predicted octanol–water partition coefficient (Wildman–Crippen LogP) is 2.75. The Hall–Kier alpha value is -0.180. The van der Waals surface area contributed by atoms with Gasteiger partial charge in [-0.25, -0.2) is 0 Å². The molecule has 1 aliphatic rings. The van der Waals surface area contributed by atoms with Crippen molar-refractivity contribution >= 4 is 23.4 Å². The minimum atomic E-state index is 0.941. The lowest BCUT2D eigenvalue weighted by Crippen LogP contribution is -2.10. The van der Waals surface area contributed by atoms with Crippen molar-refractivity contribution in [3.05, 3.63) is 28.3 Å². The number of fused-ring (bicyclic) bond motifs is 1. The van der Waals surface area contributed by atoms with Crippen molar-refractivity contribution in [3.63, 3.8) is 0 Å². The van der Waals surface area contributed by atoms with Gasteiger partial charge in [0.2, 0.25) is 0 Å². The summed E-state index contributed by atoms with van der Waals surface area (Å²) in [6.45, 7) is 1.02. The van der Waals surface area contributed by atoms with E-state index < -0.39 is 0 Å². The first kappa shape index (κ1) is 10.3. The molecule has 0 radical (unpaired) electrons. The van der Waals surface area contributed by atoms with Crippen LogP contribution in [-0.2, 0) is 12.8 Å². The van der Waals surface area contributed by atoms with Crippen LogP contribution >= 0.6 is 23.4 Å². The lowest BCUT2D eigenvalue weighted by molar-refractivity contribution is 0.790. The first-order valence-corrected chi connectivity index (χ1v) is 6.26. The number of halogens is 1. The highest BCUT2D eigenvalue weighted by Crippen LogP contribution is 2.37. The SMILES string of the molecule is CNCCc1cc(Cl)c2c(c1)CCS2. The smallest absolute Gasteiger partial charge is 0.0547 e. The Morgan fingerprint density at radius 1 is 1.50 bits per heavy atom. The van der Waals surface area contributed by atoms with Crippen LogP contribution in [0.15, 0.2) is 17.0 Å².